The summed E-state index contributed by atoms with van der Waals surface area (Å²) in [5.41, 5.74) is 1.33. The molecule has 1 N–H and O–H groups in total. The predicted molar refractivity (Wildman–Crippen MR) is 82.3 cm³/mol. The fraction of sp³-hybridized carbons (Fsp3) is 0.588. The summed E-state index contributed by atoms with van der Waals surface area (Å²) in [5.74, 6) is 0.908. The van der Waals surface area contributed by atoms with Crippen molar-refractivity contribution < 1.29 is 4.79 Å². The molecule has 0 radical (unpaired) electrons. The van der Waals surface area contributed by atoms with Crippen LogP contribution in [-0.4, -0.2) is 30.4 Å². The van der Waals surface area contributed by atoms with Crippen LogP contribution in [0.5, 0.6) is 0 Å². The van der Waals surface area contributed by atoms with E-state index in [1.807, 2.05) is 6.07 Å². The average molecular weight is 274 g/mol. The van der Waals surface area contributed by atoms with Crippen LogP contribution < -0.4 is 5.32 Å². The smallest absolute Gasteiger partial charge is 0.224 e. The van der Waals surface area contributed by atoms with E-state index in [2.05, 4.69) is 48.3 Å². The van der Waals surface area contributed by atoms with E-state index in [9.17, 15) is 4.79 Å². The van der Waals surface area contributed by atoms with E-state index < -0.39 is 0 Å². The van der Waals surface area contributed by atoms with Crippen molar-refractivity contribution in [2.45, 2.75) is 33.2 Å². The van der Waals surface area contributed by atoms with Gasteiger partial charge in [0.05, 0.1) is 5.92 Å². The molecular formula is C17H26N2O. The summed E-state index contributed by atoms with van der Waals surface area (Å²) in [6.45, 7) is 7.98. The second-order valence-electron chi connectivity index (χ2n) is 6.20. The molecule has 1 saturated heterocycles. The summed E-state index contributed by atoms with van der Waals surface area (Å²) in [4.78, 5) is 14.6. The minimum atomic E-state index is 0.159. The molecule has 1 aliphatic rings. The highest BCUT2D eigenvalue weighted by Crippen LogP contribution is 2.18. The van der Waals surface area contributed by atoms with Crippen molar-refractivity contribution in [3.05, 3.63) is 35.9 Å². The lowest BCUT2D eigenvalue weighted by Crippen LogP contribution is -2.43. The van der Waals surface area contributed by atoms with E-state index in [1.165, 1.54) is 5.56 Å². The van der Waals surface area contributed by atoms with Crippen LogP contribution in [0.3, 0.4) is 0 Å². The van der Waals surface area contributed by atoms with Gasteiger partial charge in [-0.2, -0.15) is 0 Å². The van der Waals surface area contributed by atoms with Crippen LogP contribution >= 0.6 is 0 Å². The Hall–Kier alpha value is -1.35. The molecule has 2 rings (SSSR count). The zero-order chi connectivity index (χ0) is 14.4. The van der Waals surface area contributed by atoms with Gasteiger partial charge >= 0.3 is 0 Å². The number of hydrogen-bond donors (Lipinski definition) is 1. The summed E-state index contributed by atoms with van der Waals surface area (Å²) in [6.07, 6.45) is 2.14. The summed E-state index contributed by atoms with van der Waals surface area (Å²) in [7, 11) is 0. The van der Waals surface area contributed by atoms with E-state index in [0.29, 0.717) is 5.92 Å². The molecule has 1 aliphatic heterocycles. The molecule has 1 heterocycles. The van der Waals surface area contributed by atoms with Gasteiger partial charge in [0.25, 0.3) is 0 Å². The minimum Gasteiger partial charge on any atom is -0.356 e. The molecule has 0 aliphatic carbocycles. The Morgan fingerprint density at radius 3 is 2.80 bits per heavy atom. The molecule has 0 bridgehead atoms. The topological polar surface area (TPSA) is 32.3 Å². The lowest BCUT2D eigenvalue weighted by molar-refractivity contribution is -0.126. The Balaban J connectivity index is 1.83. The number of rotatable bonds is 5. The summed E-state index contributed by atoms with van der Waals surface area (Å²) in [5, 5.41) is 3.07. The second-order valence-corrected chi connectivity index (χ2v) is 6.20. The Bertz CT molecular complexity index is 416. The lowest BCUT2D eigenvalue weighted by Gasteiger charge is -2.32. The number of nitrogens with one attached hydrogen (secondary N) is 1. The quantitative estimate of drug-likeness (QED) is 0.895. The molecule has 110 valence electrons. The van der Waals surface area contributed by atoms with Gasteiger partial charge in [0.15, 0.2) is 0 Å². The largest absolute Gasteiger partial charge is 0.356 e. The van der Waals surface area contributed by atoms with Gasteiger partial charge in [-0.1, -0.05) is 44.2 Å². The number of amides is 1. The summed E-state index contributed by atoms with van der Waals surface area (Å²) in [6, 6.07) is 10.5. The van der Waals surface area contributed by atoms with Crippen LogP contribution in [0.25, 0.3) is 0 Å². The standard InChI is InChI=1S/C17H26N2O/c1-14(2)11-18-17(20)16-9-6-10-19(13-16)12-15-7-4-3-5-8-15/h3-5,7-8,14,16H,6,9-13H2,1-2H3,(H,18,20)/t16-/m0/s1. The molecule has 0 unspecified atom stereocenters. The number of benzene rings is 1. The molecule has 0 aromatic heterocycles. The molecule has 1 fully saturated rings. The summed E-state index contributed by atoms with van der Waals surface area (Å²) < 4.78 is 0. The molecule has 3 nitrogen and oxygen atoms in total. The van der Waals surface area contributed by atoms with Gasteiger partial charge in [-0.15, -0.1) is 0 Å². The van der Waals surface area contributed by atoms with Crippen molar-refractivity contribution in [1.82, 2.24) is 10.2 Å². The monoisotopic (exact) mass is 274 g/mol. The van der Waals surface area contributed by atoms with Gasteiger partial charge in [0, 0.05) is 19.6 Å². The lowest BCUT2D eigenvalue weighted by atomic mass is 9.96. The average Bonchev–Trinajstić information content (AvgIpc) is 2.46. The second kappa shape index (κ2) is 7.44. The number of carbonyl (C=O) groups excluding carboxylic acids is 1. The SMILES string of the molecule is CC(C)CNC(=O)[C@H]1CCCN(Cc2ccccc2)C1. The third-order valence-electron chi connectivity index (χ3n) is 3.81. The number of piperidine rings is 1. The maximum Gasteiger partial charge on any atom is 0.224 e. The van der Waals surface area contributed by atoms with Gasteiger partial charge in [-0.25, -0.2) is 0 Å². The van der Waals surface area contributed by atoms with Gasteiger partial charge in [-0.3, -0.25) is 9.69 Å². The van der Waals surface area contributed by atoms with Gasteiger partial charge in [-0.05, 0) is 30.9 Å². The van der Waals surface area contributed by atoms with Crippen LogP contribution in [-0.2, 0) is 11.3 Å². The molecule has 1 aromatic carbocycles. The molecule has 20 heavy (non-hydrogen) atoms. The zero-order valence-corrected chi connectivity index (χ0v) is 12.6. The van der Waals surface area contributed by atoms with Crippen molar-refractivity contribution in [2.75, 3.05) is 19.6 Å². The van der Waals surface area contributed by atoms with Crippen LogP contribution in [0.1, 0.15) is 32.3 Å². The molecule has 0 saturated carbocycles. The van der Waals surface area contributed by atoms with Crippen LogP contribution in [0.15, 0.2) is 30.3 Å². The maximum absolute atomic E-state index is 12.2. The highest BCUT2D eigenvalue weighted by Gasteiger charge is 2.25. The first-order chi connectivity index (χ1) is 9.65. The minimum absolute atomic E-state index is 0.159. The molecule has 3 heteroatoms. The zero-order valence-electron chi connectivity index (χ0n) is 12.6. The Morgan fingerprint density at radius 2 is 2.10 bits per heavy atom. The third kappa shape index (κ3) is 4.64. The Labute approximate surface area is 122 Å². The fourth-order valence-electron chi connectivity index (χ4n) is 2.70. The van der Waals surface area contributed by atoms with Crippen molar-refractivity contribution in [2.24, 2.45) is 11.8 Å². The first-order valence-corrected chi connectivity index (χ1v) is 7.69. The van der Waals surface area contributed by atoms with E-state index in [-0.39, 0.29) is 11.8 Å². The Morgan fingerprint density at radius 1 is 1.35 bits per heavy atom. The van der Waals surface area contributed by atoms with Crippen LogP contribution in [0.2, 0.25) is 0 Å². The summed E-state index contributed by atoms with van der Waals surface area (Å²) >= 11 is 0. The van der Waals surface area contributed by atoms with Crippen LogP contribution in [0.4, 0.5) is 0 Å². The van der Waals surface area contributed by atoms with Gasteiger partial charge < -0.3 is 5.32 Å². The number of carbonyl (C=O) groups is 1. The highest BCUT2D eigenvalue weighted by molar-refractivity contribution is 5.78. The van der Waals surface area contributed by atoms with Crippen LogP contribution in [0, 0.1) is 11.8 Å². The first-order valence-electron chi connectivity index (χ1n) is 7.69. The number of nitrogens with zero attached hydrogens (tertiary/aromatic N) is 1. The van der Waals surface area contributed by atoms with Crippen molar-refractivity contribution >= 4 is 5.91 Å². The maximum atomic E-state index is 12.2. The molecule has 1 aromatic rings. The van der Waals surface area contributed by atoms with E-state index in [1.54, 1.807) is 0 Å². The highest BCUT2D eigenvalue weighted by atomic mass is 16.1. The molecule has 1 amide bonds. The Kier molecular flexibility index (Phi) is 5.60. The number of hydrogen-bond acceptors (Lipinski definition) is 2. The van der Waals surface area contributed by atoms with E-state index >= 15 is 0 Å². The molecular weight excluding hydrogens is 248 g/mol. The van der Waals surface area contributed by atoms with E-state index in [0.717, 1.165) is 39.0 Å². The number of likely N-dealkylation sites (tertiary alicyclic amines) is 1. The molecule has 1 atom stereocenters. The van der Waals surface area contributed by atoms with Gasteiger partial charge in [0.1, 0.15) is 0 Å². The van der Waals surface area contributed by atoms with Crippen molar-refractivity contribution in [1.29, 1.82) is 0 Å². The molecule has 0 spiro atoms. The van der Waals surface area contributed by atoms with Crippen molar-refractivity contribution in [3.63, 3.8) is 0 Å². The van der Waals surface area contributed by atoms with E-state index in [4.69, 9.17) is 0 Å². The first kappa shape index (κ1) is 15.0. The van der Waals surface area contributed by atoms with Crippen molar-refractivity contribution in [3.8, 4) is 0 Å². The third-order valence-corrected chi connectivity index (χ3v) is 3.81. The fourth-order valence-corrected chi connectivity index (χ4v) is 2.70. The predicted octanol–water partition coefficient (Wildman–Crippen LogP) is 2.67. The normalized spacial score (nSPS) is 20.1. The van der Waals surface area contributed by atoms with Gasteiger partial charge in [0.2, 0.25) is 5.91 Å².